The van der Waals surface area contributed by atoms with Crippen LogP contribution < -0.4 is 5.32 Å². The fourth-order valence-corrected chi connectivity index (χ4v) is 3.13. The summed E-state index contributed by atoms with van der Waals surface area (Å²) in [5.74, 6) is 0.797. The largest absolute Gasteiger partial charge is 0.381 e. The number of pyridine rings is 1. The Morgan fingerprint density at radius 2 is 2.20 bits per heavy atom. The molecule has 20 heavy (non-hydrogen) atoms. The summed E-state index contributed by atoms with van der Waals surface area (Å²) in [5.41, 5.74) is 1.33. The van der Waals surface area contributed by atoms with Crippen LogP contribution in [0.15, 0.2) is 24.5 Å². The van der Waals surface area contributed by atoms with Gasteiger partial charge in [0, 0.05) is 57.8 Å². The number of hydrogen-bond donors (Lipinski definition) is 1. The smallest absolute Gasteiger partial charge is 0.0488 e. The first-order chi connectivity index (χ1) is 9.43. The van der Waals surface area contributed by atoms with Gasteiger partial charge in [0.2, 0.25) is 0 Å². The molecule has 4 nitrogen and oxygen atoms in total. The minimum atomic E-state index is 0. The van der Waals surface area contributed by atoms with E-state index >= 15 is 0 Å². The average Bonchev–Trinajstić information content (AvgIpc) is 2.50. The molecule has 1 atom stereocenters. The molecule has 0 aliphatic carbocycles. The van der Waals surface area contributed by atoms with Crippen molar-refractivity contribution in [2.45, 2.75) is 18.9 Å². The fourth-order valence-electron chi connectivity index (χ4n) is 3.13. The molecule has 3 heterocycles. The fraction of sp³-hybridized carbons (Fsp3) is 0.667. The van der Waals surface area contributed by atoms with Gasteiger partial charge in [-0.2, -0.15) is 0 Å². The molecule has 1 aromatic heterocycles. The lowest BCUT2D eigenvalue weighted by Crippen LogP contribution is -2.48. The Hall–Kier alpha value is -0.680. The molecule has 0 saturated carbocycles. The van der Waals surface area contributed by atoms with Crippen LogP contribution in [0.1, 0.15) is 24.4 Å². The monoisotopic (exact) mass is 297 g/mol. The Morgan fingerprint density at radius 3 is 2.95 bits per heavy atom. The van der Waals surface area contributed by atoms with Gasteiger partial charge in [0.25, 0.3) is 0 Å². The third kappa shape index (κ3) is 3.92. The summed E-state index contributed by atoms with van der Waals surface area (Å²) in [4.78, 5) is 6.90. The van der Waals surface area contributed by atoms with Crippen LogP contribution in [0.4, 0.5) is 0 Å². The van der Waals surface area contributed by atoms with E-state index in [9.17, 15) is 0 Å². The highest BCUT2D eigenvalue weighted by Gasteiger charge is 2.26. The molecule has 0 aromatic carbocycles. The van der Waals surface area contributed by atoms with Crippen LogP contribution in [0.2, 0.25) is 0 Å². The average molecular weight is 298 g/mol. The van der Waals surface area contributed by atoms with Gasteiger partial charge in [0.05, 0.1) is 0 Å². The normalized spacial score (nSPS) is 25.1. The predicted octanol–water partition coefficient (Wildman–Crippen LogP) is 1.88. The Kier molecular flexibility index (Phi) is 6.23. The maximum absolute atomic E-state index is 5.46. The Labute approximate surface area is 127 Å². The molecule has 2 saturated heterocycles. The summed E-state index contributed by atoms with van der Waals surface area (Å²) < 4.78 is 5.46. The summed E-state index contributed by atoms with van der Waals surface area (Å²) in [6, 6.07) is 4.71. The number of aromatic nitrogens is 1. The number of rotatable bonds is 3. The molecule has 2 aliphatic heterocycles. The molecule has 0 spiro atoms. The zero-order valence-electron chi connectivity index (χ0n) is 11.8. The van der Waals surface area contributed by atoms with Gasteiger partial charge in [-0.15, -0.1) is 12.4 Å². The van der Waals surface area contributed by atoms with E-state index in [4.69, 9.17) is 4.74 Å². The van der Waals surface area contributed by atoms with Crippen molar-refractivity contribution in [1.82, 2.24) is 15.2 Å². The lowest BCUT2D eigenvalue weighted by Gasteiger charge is -2.39. The summed E-state index contributed by atoms with van der Waals surface area (Å²) in [6.45, 7) is 6.35. The van der Waals surface area contributed by atoms with Crippen molar-refractivity contribution in [2.75, 3.05) is 39.4 Å². The molecule has 0 radical (unpaired) electrons. The van der Waals surface area contributed by atoms with E-state index in [2.05, 4.69) is 21.3 Å². The first-order valence-corrected chi connectivity index (χ1v) is 7.36. The van der Waals surface area contributed by atoms with Gasteiger partial charge in [0.15, 0.2) is 0 Å². The van der Waals surface area contributed by atoms with Gasteiger partial charge in [0.1, 0.15) is 0 Å². The maximum atomic E-state index is 5.46. The molecular weight excluding hydrogens is 274 g/mol. The molecule has 112 valence electrons. The van der Waals surface area contributed by atoms with E-state index in [1.807, 2.05) is 18.5 Å². The number of ether oxygens (including phenoxy) is 1. The molecule has 0 bridgehead atoms. The van der Waals surface area contributed by atoms with Crippen molar-refractivity contribution in [3.8, 4) is 0 Å². The van der Waals surface area contributed by atoms with Crippen molar-refractivity contribution < 1.29 is 4.74 Å². The molecule has 2 fully saturated rings. The molecule has 1 N–H and O–H groups in total. The van der Waals surface area contributed by atoms with Crippen LogP contribution in [0, 0.1) is 5.92 Å². The van der Waals surface area contributed by atoms with Crippen LogP contribution in [0.3, 0.4) is 0 Å². The van der Waals surface area contributed by atoms with E-state index in [0.29, 0.717) is 6.04 Å². The Morgan fingerprint density at radius 1 is 1.35 bits per heavy atom. The lowest BCUT2D eigenvalue weighted by molar-refractivity contribution is 0.0407. The first kappa shape index (κ1) is 15.7. The third-order valence-electron chi connectivity index (χ3n) is 4.26. The van der Waals surface area contributed by atoms with Crippen LogP contribution in [-0.4, -0.2) is 49.3 Å². The molecule has 1 aromatic rings. The van der Waals surface area contributed by atoms with Crippen LogP contribution in [-0.2, 0) is 4.74 Å². The van der Waals surface area contributed by atoms with Gasteiger partial charge < -0.3 is 10.1 Å². The summed E-state index contributed by atoms with van der Waals surface area (Å²) >= 11 is 0. The maximum Gasteiger partial charge on any atom is 0.0488 e. The van der Waals surface area contributed by atoms with Crippen molar-refractivity contribution in [2.24, 2.45) is 5.92 Å². The van der Waals surface area contributed by atoms with E-state index in [0.717, 1.165) is 38.8 Å². The standard InChI is InChI=1S/C15H23N3O.ClH/c1-2-14(10-16-5-1)15-11-17-6-7-18(15)12-13-3-8-19-9-4-13;/h1-2,5,10,13,15,17H,3-4,6-9,11-12H2;1H. The van der Waals surface area contributed by atoms with E-state index in [-0.39, 0.29) is 12.4 Å². The summed E-state index contributed by atoms with van der Waals surface area (Å²) in [5, 5.41) is 3.51. The van der Waals surface area contributed by atoms with Gasteiger partial charge in [-0.3, -0.25) is 9.88 Å². The second kappa shape index (κ2) is 7.93. The highest BCUT2D eigenvalue weighted by molar-refractivity contribution is 5.85. The molecule has 5 heteroatoms. The topological polar surface area (TPSA) is 37.4 Å². The van der Waals surface area contributed by atoms with Gasteiger partial charge in [-0.05, 0) is 30.4 Å². The molecule has 2 aliphatic rings. The first-order valence-electron chi connectivity index (χ1n) is 7.36. The van der Waals surface area contributed by atoms with E-state index in [1.54, 1.807) is 0 Å². The van der Waals surface area contributed by atoms with Crippen molar-refractivity contribution in [3.05, 3.63) is 30.1 Å². The molecule has 1 unspecified atom stereocenters. The van der Waals surface area contributed by atoms with Crippen LogP contribution in [0.25, 0.3) is 0 Å². The number of nitrogens with one attached hydrogen (secondary N) is 1. The molecule has 3 rings (SSSR count). The van der Waals surface area contributed by atoms with E-state index < -0.39 is 0 Å². The second-order valence-corrected chi connectivity index (χ2v) is 5.56. The SMILES string of the molecule is Cl.c1cncc(C2CNCCN2CC2CCOCC2)c1. The van der Waals surface area contributed by atoms with Crippen molar-refractivity contribution >= 4 is 12.4 Å². The number of hydrogen-bond acceptors (Lipinski definition) is 4. The predicted molar refractivity (Wildman–Crippen MR) is 82.2 cm³/mol. The summed E-state index contributed by atoms with van der Waals surface area (Å²) in [7, 11) is 0. The van der Waals surface area contributed by atoms with Crippen molar-refractivity contribution in [1.29, 1.82) is 0 Å². The minimum Gasteiger partial charge on any atom is -0.381 e. The summed E-state index contributed by atoms with van der Waals surface area (Å²) in [6.07, 6.45) is 6.28. The van der Waals surface area contributed by atoms with Crippen LogP contribution in [0.5, 0.6) is 0 Å². The van der Waals surface area contributed by atoms with Gasteiger partial charge >= 0.3 is 0 Å². The quantitative estimate of drug-likeness (QED) is 0.924. The van der Waals surface area contributed by atoms with Gasteiger partial charge in [-0.25, -0.2) is 0 Å². The highest BCUT2D eigenvalue weighted by Crippen LogP contribution is 2.25. The molecule has 0 amide bonds. The minimum absolute atomic E-state index is 0. The zero-order valence-corrected chi connectivity index (χ0v) is 12.6. The molecular formula is C15H24ClN3O. The van der Waals surface area contributed by atoms with Gasteiger partial charge in [-0.1, -0.05) is 6.07 Å². The Balaban J connectivity index is 0.00000147. The van der Waals surface area contributed by atoms with Crippen LogP contribution >= 0.6 is 12.4 Å². The second-order valence-electron chi connectivity index (χ2n) is 5.56. The highest BCUT2D eigenvalue weighted by atomic mass is 35.5. The number of nitrogens with zero attached hydrogens (tertiary/aromatic N) is 2. The number of halogens is 1. The number of piperazine rings is 1. The lowest BCUT2D eigenvalue weighted by atomic mass is 9.97. The zero-order chi connectivity index (χ0) is 12.9. The van der Waals surface area contributed by atoms with Crippen molar-refractivity contribution in [3.63, 3.8) is 0 Å². The van der Waals surface area contributed by atoms with E-state index in [1.165, 1.54) is 24.9 Å². The Bertz CT molecular complexity index is 384. The third-order valence-corrected chi connectivity index (χ3v) is 4.26.